The molecule has 15 heavy (non-hydrogen) atoms. The lowest BCUT2D eigenvalue weighted by Gasteiger charge is -2.38. The Balaban J connectivity index is 2.59. The number of carbonyl (C=O) groups excluding carboxylic acids is 1. The van der Waals surface area contributed by atoms with Gasteiger partial charge in [-0.1, -0.05) is 12.2 Å². The monoisotopic (exact) mass is 211 g/mol. The van der Waals surface area contributed by atoms with Gasteiger partial charge < -0.3 is 15.2 Å². The first-order valence-electron chi connectivity index (χ1n) is 4.92. The van der Waals surface area contributed by atoms with Crippen molar-refractivity contribution in [3.05, 3.63) is 25.3 Å². The van der Waals surface area contributed by atoms with Crippen molar-refractivity contribution in [2.45, 2.75) is 18.6 Å². The molecule has 1 fully saturated rings. The van der Waals surface area contributed by atoms with Crippen molar-refractivity contribution in [3.8, 4) is 0 Å². The van der Waals surface area contributed by atoms with Crippen molar-refractivity contribution in [2.24, 2.45) is 11.7 Å². The van der Waals surface area contributed by atoms with Gasteiger partial charge in [0, 0.05) is 12.8 Å². The van der Waals surface area contributed by atoms with E-state index in [2.05, 4.69) is 13.2 Å². The predicted molar refractivity (Wildman–Crippen MR) is 56.9 cm³/mol. The molecule has 2 N–H and O–H groups in total. The Hall–Kier alpha value is -1.13. The summed E-state index contributed by atoms with van der Waals surface area (Å²) in [5, 5.41) is 0. The fourth-order valence-corrected chi connectivity index (χ4v) is 1.52. The quantitative estimate of drug-likeness (QED) is 0.690. The SMILES string of the molecule is C=CCC1(CC=C)OCC(C(N)=O)CO1. The first-order valence-corrected chi connectivity index (χ1v) is 4.92. The summed E-state index contributed by atoms with van der Waals surface area (Å²) in [6.07, 6.45) is 4.61. The highest BCUT2D eigenvalue weighted by Gasteiger charge is 2.37. The van der Waals surface area contributed by atoms with Gasteiger partial charge in [-0.15, -0.1) is 13.2 Å². The van der Waals surface area contributed by atoms with Crippen LogP contribution in [0, 0.1) is 5.92 Å². The van der Waals surface area contributed by atoms with Gasteiger partial charge in [-0.3, -0.25) is 4.79 Å². The zero-order chi connectivity index (χ0) is 11.3. The van der Waals surface area contributed by atoms with E-state index in [1.165, 1.54) is 0 Å². The van der Waals surface area contributed by atoms with Crippen LogP contribution in [-0.2, 0) is 14.3 Å². The number of primary amides is 1. The van der Waals surface area contributed by atoms with Crippen LogP contribution >= 0.6 is 0 Å². The second-order valence-electron chi connectivity index (χ2n) is 3.62. The molecule has 1 aliphatic rings. The summed E-state index contributed by atoms with van der Waals surface area (Å²) in [5.41, 5.74) is 5.16. The predicted octanol–water partition coefficient (Wildman–Crippen LogP) is 0.983. The van der Waals surface area contributed by atoms with Gasteiger partial charge in [0.1, 0.15) is 0 Å². The Labute approximate surface area is 89.7 Å². The Bertz CT molecular complexity index is 243. The van der Waals surface area contributed by atoms with Gasteiger partial charge in [-0.05, 0) is 0 Å². The van der Waals surface area contributed by atoms with Crippen molar-refractivity contribution >= 4 is 5.91 Å². The minimum atomic E-state index is -0.699. The summed E-state index contributed by atoms with van der Waals surface area (Å²) in [4.78, 5) is 10.9. The van der Waals surface area contributed by atoms with Gasteiger partial charge in [-0.2, -0.15) is 0 Å². The number of hydrogen-bond acceptors (Lipinski definition) is 3. The van der Waals surface area contributed by atoms with Crippen LogP contribution in [0.1, 0.15) is 12.8 Å². The van der Waals surface area contributed by atoms with Gasteiger partial charge in [-0.25, -0.2) is 0 Å². The van der Waals surface area contributed by atoms with E-state index in [1.807, 2.05) is 0 Å². The maximum Gasteiger partial charge on any atom is 0.225 e. The second kappa shape index (κ2) is 5.09. The normalized spacial score (nSPS) is 20.8. The molecule has 0 bridgehead atoms. The van der Waals surface area contributed by atoms with E-state index in [4.69, 9.17) is 15.2 Å². The van der Waals surface area contributed by atoms with Gasteiger partial charge >= 0.3 is 0 Å². The Kier molecular flexibility index (Phi) is 4.05. The Morgan fingerprint density at radius 1 is 1.33 bits per heavy atom. The highest BCUT2D eigenvalue weighted by Crippen LogP contribution is 2.29. The maximum absolute atomic E-state index is 10.9. The average Bonchev–Trinajstić information content (AvgIpc) is 2.19. The zero-order valence-electron chi connectivity index (χ0n) is 8.78. The maximum atomic E-state index is 10.9. The lowest BCUT2D eigenvalue weighted by atomic mass is 10.0. The van der Waals surface area contributed by atoms with Crippen LogP contribution in [0.4, 0.5) is 0 Å². The van der Waals surface area contributed by atoms with E-state index in [1.54, 1.807) is 12.2 Å². The van der Waals surface area contributed by atoms with E-state index in [9.17, 15) is 4.79 Å². The molecule has 0 aromatic rings. The summed E-state index contributed by atoms with van der Waals surface area (Å²) < 4.78 is 11.1. The van der Waals surface area contributed by atoms with E-state index in [0.29, 0.717) is 26.1 Å². The van der Waals surface area contributed by atoms with Gasteiger partial charge in [0.05, 0.1) is 19.1 Å². The van der Waals surface area contributed by atoms with Crippen LogP contribution in [0.2, 0.25) is 0 Å². The molecule has 84 valence electrons. The molecule has 0 atom stereocenters. The van der Waals surface area contributed by atoms with Crippen molar-refractivity contribution < 1.29 is 14.3 Å². The highest BCUT2D eigenvalue weighted by atomic mass is 16.7. The lowest BCUT2D eigenvalue weighted by Crippen LogP contribution is -2.47. The van der Waals surface area contributed by atoms with E-state index < -0.39 is 5.79 Å². The molecule has 1 amide bonds. The minimum Gasteiger partial charge on any atom is -0.369 e. The Morgan fingerprint density at radius 3 is 2.13 bits per heavy atom. The third kappa shape index (κ3) is 2.91. The molecule has 1 saturated heterocycles. The molecular weight excluding hydrogens is 194 g/mol. The largest absolute Gasteiger partial charge is 0.369 e. The summed E-state index contributed by atoms with van der Waals surface area (Å²) >= 11 is 0. The summed E-state index contributed by atoms with van der Waals surface area (Å²) in [7, 11) is 0. The van der Waals surface area contributed by atoms with Crippen LogP contribution < -0.4 is 5.73 Å². The molecule has 1 aliphatic heterocycles. The number of ether oxygens (including phenoxy) is 2. The molecule has 0 saturated carbocycles. The van der Waals surface area contributed by atoms with Crippen LogP contribution in [0.3, 0.4) is 0 Å². The zero-order valence-corrected chi connectivity index (χ0v) is 8.78. The van der Waals surface area contributed by atoms with Gasteiger partial charge in [0.15, 0.2) is 5.79 Å². The minimum absolute atomic E-state index is 0.303. The van der Waals surface area contributed by atoms with Crippen LogP contribution in [-0.4, -0.2) is 24.9 Å². The topological polar surface area (TPSA) is 61.5 Å². The number of rotatable bonds is 5. The van der Waals surface area contributed by atoms with Crippen LogP contribution in [0.15, 0.2) is 25.3 Å². The molecule has 0 unspecified atom stereocenters. The summed E-state index contributed by atoms with van der Waals surface area (Å²) in [6, 6.07) is 0. The number of amides is 1. The number of hydrogen-bond donors (Lipinski definition) is 1. The Morgan fingerprint density at radius 2 is 1.80 bits per heavy atom. The molecular formula is C11H17NO3. The molecule has 1 rings (SSSR count). The standard InChI is InChI=1S/C11H17NO3/c1-3-5-11(6-4-2)14-7-9(8-15-11)10(12)13/h3-4,9H,1-2,5-8H2,(H2,12,13). The smallest absolute Gasteiger partial charge is 0.225 e. The molecule has 0 spiro atoms. The van der Waals surface area contributed by atoms with E-state index >= 15 is 0 Å². The number of carbonyl (C=O) groups is 1. The highest BCUT2D eigenvalue weighted by molar-refractivity contribution is 5.76. The molecule has 4 nitrogen and oxygen atoms in total. The lowest BCUT2D eigenvalue weighted by molar-refractivity contribution is -0.275. The first-order chi connectivity index (χ1) is 7.13. The summed E-state index contributed by atoms with van der Waals surface area (Å²) in [5.74, 6) is -1.44. The molecule has 0 aliphatic carbocycles. The molecule has 1 heterocycles. The third-order valence-corrected chi connectivity index (χ3v) is 2.41. The molecule has 0 aromatic heterocycles. The molecule has 0 aromatic carbocycles. The van der Waals surface area contributed by atoms with Crippen LogP contribution in [0.25, 0.3) is 0 Å². The molecule has 0 radical (unpaired) electrons. The third-order valence-electron chi connectivity index (χ3n) is 2.41. The van der Waals surface area contributed by atoms with E-state index in [0.717, 1.165) is 0 Å². The summed E-state index contributed by atoms with van der Waals surface area (Å²) in [6.45, 7) is 7.91. The fourth-order valence-electron chi connectivity index (χ4n) is 1.52. The van der Waals surface area contributed by atoms with Crippen LogP contribution in [0.5, 0.6) is 0 Å². The first kappa shape index (κ1) is 11.9. The molecule has 4 heteroatoms. The van der Waals surface area contributed by atoms with Crippen molar-refractivity contribution in [1.82, 2.24) is 0 Å². The second-order valence-corrected chi connectivity index (χ2v) is 3.62. The van der Waals surface area contributed by atoms with Crippen molar-refractivity contribution in [3.63, 3.8) is 0 Å². The number of nitrogens with two attached hydrogens (primary N) is 1. The van der Waals surface area contributed by atoms with E-state index in [-0.39, 0.29) is 11.8 Å². The van der Waals surface area contributed by atoms with Gasteiger partial charge in [0.25, 0.3) is 0 Å². The van der Waals surface area contributed by atoms with Crippen molar-refractivity contribution in [1.29, 1.82) is 0 Å². The van der Waals surface area contributed by atoms with Crippen molar-refractivity contribution in [2.75, 3.05) is 13.2 Å². The van der Waals surface area contributed by atoms with Gasteiger partial charge in [0.2, 0.25) is 5.91 Å². The fraction of sp³-hybridized carbons (Fsp3) is 0.545. The average molecular weight is 211 g/mol.